The highest BCUT2D eigenvalue weighted by molar-refractivity contribution is 7.47. The molecule has 0 heterocycles. The van der Waals surface area contributed by atoms with Crippen molar-refractivity contribution in [2.24, 2.45) is 11.8 Å². The molecule has 0 saturated heterocycles. The number of ether oxygens (including phenoxy) is 4. The number of carbonyl (C=O) groups excluding carboxylic acids is 4. The van der Waals surface area contributed by atoms with Crippen LogP contribution in [0.4, 0.5) is 0 Å². The van der Waals surface area contributed by atoms with Crippen molar-refractivity contribution in [3.63, 3.8) is 0 Å². The van der Waals surface area contributed by atoms with Gasteiger partial charge in [-0.05, 0) is 37.5 Å². The van der Waals surface area contributed by atoms with E-state index in [-0.39, 0.29) is 25.7 Å². The SMILES string of the molecule is CCCCCCCCCCCCCCCCCCC(=O)O[C@H](COC(=O)CCCCCCCCCCCCCC(C)C)COP(=O)(O)OC[C@@H](O)COP(=O)(O)OC[C@@H](COC(=O)CCCCCCC)OC(=O)CCCCCCCCC(C)CC. The minimum Gasteiger partial charge on any atom is -0.462 e. The maximum Gasteiger partial charge on any atom is 0.472 e. The van der Waals surface area contributed by atoms with Gasteiger partial charge in [0.1, 0.15) is 19.3 Å². The van der Waals surface area contributed by atoms with Crippen molar-refractivity contribution in [3.05, 3.63) is 0 Å². The number of aliphatic hydroxyl groups excluding tert-OH is 1. The lowest BCUT2D eigenvalue weighted by molar-refractivity contribution is -0.161. The van der Waals surface area contributed by atoms with Gasteiger partial charge in [-0.25, -0.2) is 9.13 Å². The Morgan fingerprint density at radius 1 is 0.341 bits per heavy atom. The molecule has 0 amide bonds. The molecule has 0 radical (unpaired) electrons. The fourth-order valence-corrected chi connectivity index (χ4v) is 11.4. The smallest absolute Gasteiger partial charge is 0.462 e. The van der Waals surface area contributed by atoms with Crippen LogP contribution < -0.4 is 0 Å². The van der Waals surface area contributed by atoms with E-state index in [0.717, 1.165) is 108 Å². The zero-order valence-corrected chi connectivity index (χ0v) is 56.7. The molecular formula is C66H128O17P2. The summed E-state index contributed by atoms with van der Waals surface area (Å²) in [5.74, 6) is -0.651. The topological polar surface area (TPSA) is 237 Å². The molecule has 0 aliphatic carbocycles. The Morgan fingerprint density at radius 3 is 0.894 bits per heavy atom. The number of phosphoric ester groups is 2. The molecule has 3 N–H and O–H groups in total. The molecule has 0 fully saturated rings. The lowest BCUT2D eigenvalue weighted by atomic mass is 10.00. The molecule has 0 aromatic rings. The van der Waals surface area contributed by atoms with Gasteiger partial charge in [-0.1, -0.05) is 279 Å². The number of hydrogen-bond acceptors (Lipinski definition) is 15. The van der Waals surface area contributed by atoms with Gasteiger partial charge in [0.15, 0.2) is 12.2 Å². The van der Waals surface area contributed by atoms with E-state index in [1.54, 1.807) is 0 Å². The van der Waals surface area contributed by atoms with Crippen LogP contribution in [0.3, 0.4) is 0 Å². The van der Waals surface area contributed by atoms with Crippen LogP contribution in [0, 0.1) is 11.8 Å². The largest absolute Gasteiger partial charge is 0.472 e. The first kappa shape index (κ1) is 83.1. The second kappa shape index (κ2) is 58.4. The molecule has 17 nitrogen and oxygen atoms in total. The molecule has 19 heteroatoms. The minimum atomic E-state index is -4.95. The van der Waals surface area contributed by atoms with E-state index >= 15 is 0 Å². The summed E-state index contributed by atoms with van der Waals surface area (Å²) < 4.78 is 67.9. The van der Waals surface area contributed by atoms with Crippen molar-refractivity contribution in [2.75, 3.05) is 39.6 Å². The Kier molecular flexibility index (Phi) is 57.1. The van der Waals surface area contributed by atoms with Crippen molar-refractivity contribution >= 4 is 39.5 Å². The molecule has 0 aliphatic heterocycles. The molecular weight excluding hydrogens is 1130 g/mol. The summed E-state index contributed by atoms with van der Waals surface area (Å²) in [6.45, 7) is 9.38. The fourth-order valence-electron chi connectivity index (χ4n) is 9.85. The second-order valence-corrected chi connectivity index (χ2v) is 27.5. The minimum absolute atomic E-state index is 0.102. The van der Waals surface area contributed by atoms with Crippen molar-refractivity contribution < 1.29 is 80.2 Å². The highest BCUT2D eigenvalue weighted by atomic mass is 31.2. The van der Waals surface area contributed by atoms with Crippen LogP contribution >= 0.6 is 15.6 Å². The third-order valence-electron chi connectivity index (χ3n) is 15.6. The second-order valence-electron chi connectivity index (χ2n) is 24.6. The highest BCUT2D eigenvalue weighted by Gasteiger charge is 2.30. The van der Waals surface area contributed by atoms with E-state index in [4.69, 9.17) is 37.0 Å². The number of esters is 4. The van der Waals surface area contributed by atoms with Gasteiger partial charge in [-0.15, -0.1) is 0 Å². The summed E-state index contributed by atoms with van der Waals surface area (Å²) >= 11 is 0. The zero-order chi connectivity index (χ0) is 62.9. The van der Waals surface area contributed by atoms with Crippen LogP contribution in [0.15, 0.2) is 0 Å². The first-order chi connectivity index (χ1) is 40.9. The van der Waals surface area contributed by atoms with E-state index in [1.165, 1.54) is 141 Å². The van der Waals surface area contributed by atoms with Crippen molar-refractivity contribution in [3.8, 4) is 0 Å². The van der Waals surface area contributed by atoms with Gasteiger partial charge in [0.2, 0.25) is 0 Å². The summed E-state index contributed by atoms with van der Waals surface area (Å²) in [6, 6.07) is 0. The number of rotatable bonds is 65. The van der Waals surface area contributed by atoms with Crippen LogP contribution in [-0.4, -0.2) is 96.7 Å². The molecule has 0 saturated carbocycles. The van der Waals surface area contributed by atoms with E-state index in [2.05, 4.69) is 41.5 Å². The molecule has 0 aromatic carbocycles. The van der Waals surface area contributed by atoms with Crippen molar-refractivity contribution in [2.45, 2.75) is 349 Å². The van der Waals surface area contributed by atoms with Gasteiger partial charge in [0, 0.05) is 25.7 Å². The molecule has 0 bridgehead atoms. The van der Waals surface area contributed by atoms with E-state index in [9.17, 15) is 43.2 Å². The van der Waals surface area contributed by atoms with Gasteiger partial charge in [0.05, 0.1) is 26.4 Å². The lowest BCUT2D eigenvalue weighted by Crippen LogP contribution is -2.30. The summed E-state index contributed by atoms with van der Waals surface area (Å²) in [5, 5.41) is 10.5. The maximum atomic E-state index is 13.0. The van der Waals surface area contributed by atoms with Crippen LogP contribution in [0.25, 0.3) is 0 Å². The molecule has 0 rings (SSSR count). The van der Waals surface area contributed by atoms with Gasteiger partial charge in [-0.2, -0.15) is 0 Å². The van der Waals surface area contributed by atoms with Gasteiger partial charge < -0.3 is 33.8 Å². The molecule has 0 aromatic heterocycles. The van der Waals surface area contributed by atoms with Gasteiger partial charge in [0.25, 0.3) is 0 Å². The third kappa shape index (κ3) is 59.5. The quantitative estimate of drug-likeness (QED) is 0.0222. The number of aliphatic hydroxyl groups is 1. The summed E-state index contributed by atoms with van der Waals surface area (Å²) in [7, 11) is -9.88. The predicted octanol–water partition coefficient (Wildman–Crippen LogP) is 18.4. The summed E-state index contributed by atoms with van der Waals surface area (Å²) in [6.07, 6.45) is 42.1. The first-order valence-corrected chi connectivity index (χ1v) is 37.5. The van der Waals surface area contributed by atoms with Crippen molar-refractivity contribution in [1.29, 1.82) is 0 Å². The third-order valence-corrected chi connectivity index (χ3v) is 17.5. The number of hydrogen-bond donors (Lipinski definition) is 3. The lowest BCUT2D eigenvalue weighted by Gasteiger charge is -2.21. The van der Waals surface area contributed by atoms with Crippen LogP contribution in [0.2, 0.25) is 0 Å². The molecule has 0 aliphatic rings. The van der Waals surface area contributed by atoms with Crippen LogP contribution in [-0.2, 0) is 65.4 Å². The van der Waals surface area contributed by atoms with E-state index in [1.807, 2.05) is 0 Å². The Morgan fingerprint density at radius 2 is 0.600 bits per heavy atom. The normalized spacial score (nSPS) is 14.6. The number of unbranched alkanes of at least 4 members (excludes halogenated alkanes) is 34. The summed E-state index contributed by atoms with van der Waals surface area (Å²) in [5.41, 5.74) is 0. The van der Waals surface area contributed by atoms with Crippen LogP contribution in [0.5, 0.6) is 0 Å². The summed E-state index contributed by atoms with van der Waals surface area (Å²) in [4.78, 5) is 72.1. The fraction of sp³-hybridized carbons (Fsp3) is 0.939. The van der Waals surface area contributed by atoms with Crippen LogP contribution in [0.1, 0.15) is 330 Å². The average Bonchev–Trinajstić information content (AvgIpc) is 3.61. The monoisotopic (exact) mass is 1250 g/mol. The first-order valence-electron chi connectivity index (χ1n) is 34.5. The van der Waals surface area contributed by atoms with E-state index < -0.39 is 97.5 Å². The van der Waals surface area contributed by atoms with Crippen molar-refractivity contribution in [1.82, 2.24) is 0 Å². The molecule has 3 unspecified atom stereocenters. The van der Waals surface area contributed by atoms with Gasteiger partial charge in [-0.3, -0.25) is 37.3 Å². The van der Waals surface area contributed by atoms with Gasteiger partial charge >= 0.3 is 39.5 Å². The Balaban J connectivity index is 5.17. The van der Waals surface area contributed by atoms with E-state index in [0.29, 0.717) is 25.7 Å². The standard InChI is InChI=1S/C66H128O17P2/c1-7-10-12-14-15-16-17-18-19-20-21-24-28-31-38-44-50-65(70)82-62(55-77-64(69)49-43-37-30-27-25-22-23-26-29-35-40-46-58(4)5)57-81-85(74,75)79-53-60(67)52-78-84(72,73)80-56-61(54-76-63(68)48-42-34-13-11-8-2)83-66(71)51-45-39-33-32-36-41-47-59(6)9-3/h58-62,67H,7-57H2,1-6H3,(H,72,73)(H,74,75)/t59?,60-,61+,62+/m0/s1. The average molecular weight is 1260 g/mol. The zero-order valence-electron chi connectivity index (χ0n) is 54.9. The maximum absolute atomic E-state index is 13.0. The predicted molar refractivity (Wildman–Crippen MR) is 340 cm³/mol. The molecule has 85 heavy (non-hydrogen) atoms. The molecule has 0 spiro atoms. The number of carbonyl (C=O) groups is 4. The highest BCUT2D eigenvalue weighted by Crippen LogP contribution is 2.45. The Labute approximate surface area is 517 Å². The number of phosphoric acid groups is 2. The molecule has 6 atom stereocenters. The molecule has 504 valence electrons. The Hall–Kier alpha value is -1.94. The Bertz CT molecular complexity index is 1670.